The summed E-state index contributed by atoms with van der Waals surface area (Å²) in [4.78, 5) is 0. The average molecular weight is 295 g/mol. The zero-order valence-electron chi connectivity index (χ0n) is 13.1. The van der Waals surface area contributed by atoms with Crippen molar-refractivity contribution < 1.29 is 0 Å². The molecule has 1 atom stereocenters. The van der Waals surface area contributed by atoms with E-state index in [4.69, 9.17) is 0 Å². The number of nitrogens with one attached hydrogen (secondary N) is 2. The van der Waals surface area contributed by atoms with E-state index in [1.165, 1.54) is 49.2 Å². The Hall–Kier alpha value is -0.960. The first-order valence-corrected chi connectivity index (χ1v) is 8.81. The van der Waals surface area contributed by atoms with Crippen LogP contribution < -0.4 is 10.6 Å². The average Bonchev–Trinajstić information content (AvgIpc) is 2.91. The van der Waals surface area contributed by atoms with E-state index in [0.717, 1.165) is 19.0 Å². The van der Waals surface area contributed by atoms with E-state index in [1.54, 1.807) is 11.3 Å². The van der Waals surface area contributed by atoms with Crippen LogP contribution in [0.1, 0.15) is 52.4 Å². The van der Waals surface area contributed by atoms with Crippen molar-refractivity contribution in [3.8, 4) is 0 Å². The molecule has 1 aromatic rings. The molecule has 0 spiro atoms. The molecule has 0 aromatic carbocycles. The highest BCUT2D eigenvalue weighted by atomic mass is 32.1. The number of rotatable bonds is 12. The molecule has 1 heterocycles. The number of hydrogen-bond donors (Lipinski definition) is 2. The molecule has 114 valence electrons. The van der Waals surface area contributed by atoms with Gasteiger partial charge in [-0.3, -0.25) is 0 Å². The van der Waals surface area contributed by atoms with Crippen molar-refractivity contribution in [2.24, 2.45) is 5.92 Å². The van der Waals surface area contributed by atoms with E-state index in [-0.39, 0.29) is 0 Å². The Bertz CT molecular complexity index is 360. The summed E-state index contributed by atoms with van der Waals surface area (Å²) in [6.45, 7) is 10.3. The van der Waals surface area contributed by atoms with Crippen molar-refractivity contribution in [3.63, 3.8) is 0 Å². The lowest BCUT2D eigenvalue weighted by atomic mass is 10.0. The van der Waals surface area contributed by atoms with Crippen molar-refractivity contribution in [1.29, 1.82) is 0 Å². The summed E-state index contributed by atoms with van der Waals surface area (Å²) in [7, 11) is 0. The summed E-state index contributed by atoms with van der Waals surface area (Å²) in [6, 6.07) is 2.18. The van der Waals surface area contributed by atoms with Crippen LogP contribution >= 0.6 is 11.3 Å². The van der Waals surface area contributed by atoms with Gasteiger partial charge < -0.3 is 10.6 Å². The smallest absolute Gasteiger partial charge is 0.0906 e. The summed E-state index contributed by atoms with van der Waals surface area (Å²) >= 11 is 1.75. The highest BCUT2D eigenvalue weighted by Crippen LogP contribution is 2.24. The molecule has 2 nitrogen and oxygen atoms in total. The predicted octanol–water partition coefficient (Wildman–Crippen LogP) is 5.75. The summed E-state index contributed by atoms with van der Waals surface area (Å²) in [5.74, 6) is 0.903. The fraction of sp³-hybridized carbons (Fsp3) is 0.647. The Balaban J connectivity index is 2.00. The topological polar surface area (TPSA) is 24.1 Å². The van der Waals surface area contributed by atoms with Crippen LogP contribution in [-0.2, 0) is 0 Å². The van der Waals surface area contributed by atoms with Crippen LogP contribution in [0.15, 0.2) is 24.1 Å². The zero-order chi connectivity index (χ0) is 14.6. The Labute approximate surface area is 128 Å². The van der Waals surface area contributed by atoms with Gasteiger partial charge in [0.2, 0.25) is 0 Å². The molecule has 0 saturated carbocycles. The van der Waals surface area contributed by atoms with Crippen LogP contribution in [0.25, 0.3) is 0 Å². The van der Waals surface area contributed by atoms with Crippen LogP contribution in [0.2, 0.25) is 0 Å². The third-order valence-electron chi connectivity index (χ3n) is 3.67. The first kappa shape index (κ1) is 17.1. The lowest BCUT2D eigenvalue weighted by molar-refractivity contribution is 0.476. The Morgan fingerprint density at radius 2 is 2.05 bits per heavy atom. The maximum absolute atomic E-state index is 3.71. The third-order valence-corrected chi connectivity index (χ3v) is 4.56. The third kappa shape index (κ3) is 7.59. The lowest BCUT2D eigenvalue weighted by Gasteiger charge is -2.07. The van der Waals surface area contributed by atoms with Gasteiger partial charge in [0.1, 0.15) is 0 Å². The van der Waals surface area contributed by atoms with Gasteiger partial charge in [0, 0.05) is 24.2 Å². The fourth-order valence-corrected chi connectivity index (χ4v) is 2.87. The second-order valence-electron chi connectivity index (χ2n) is 5.51. The van der Waals surface area contributed by atoms with Crippen LogP contribution in [0, 0.1) is 5.92 Å². The van der Waals surface area contributed by atoms with Gasteiger partial charge in [-0.1, -0.05) is 52.0 Å². The molecule has 1 aromatic heterocycles. The molecular formula is C17H30N2S. The van der Waals surface area contributed by atoms with E-state index >= 15 is 0 Å². The largest absolute Gasteiger partial charge is 0.384 e. The molecule has 20 heavy (non-hydrogen) atoms. The molecule has 3 heteroatoms. The molecule has 0 aliphatic heterocycles. The van der Waals surface area contributed by atoms with Gasteiger partial charge in [-0.2, -0.15) is 0 Å². The summed E-state index contributed by atoms with van der Waals surface area (Å²) < 4.78 is 0. The first-order chi connectivity index (χ1) is 9.76. The van der Waals surface area contributed by atoms with Crippen molar-refractivity contribution in [3.05, 3.63) is 24.1 Å². The lowest BCUT2D eigenvalue weighted by Crippen LogP contribution is -2.00. The molecule has 0 radical (unpaired) electrons. The summed E-state index contributed by atoms with van der Waals surface area (Å²) in [5.41, 5.74) is 1.24. The van der Waals surface area contributed by atoms with Crippen molar-refractivity contribution in [2.45, 2.75) is 52.4 Å². The van der Waals surface area contributed by atoms with Gasteiger partial charge in [0.05, 0.1) is 5.00 Å². The van der Waals surface area contributed by atoms with Crippen molar-refractivity contribution in [1.82, 2.24) is 0 Å². The van der Waals surface area contributed by atoms with Gasteiger partial charge in [-0.05, 0) is 18.4 Å². The molecular weight excluding hydrogens is 264 g/mol. The van der Waals surface area contributed by atoms with Crippen LogP contribution in [0.3, 0.4) is 0 Å². The summed E-state index contributed by atoms with van der Waals surface area (Å²) in [5, 5.41) is 10.2. The van der Waals surface area contributed by atoms with E-state index in [2.05, 4.69) is 42.5 Å². The van der Waals surface area contributed by atoms with E-state index < -0.39 is 0 Å². The SMILES string of the molecule is C=CCNc1cc(NCCCCCCC(C)CC)cs1. The number of hydrogen-bond acceptors (Lipinski definition) is 3. The molecule has 0 bridgehead atoms. The molecule has 0 saturated heterocycles. The molecule has 2 N–H and O–H groups in total. The van der Waals surface area contributed by atoms with Crippen LogP contribution in [0.4, 0.5) is 10.7 Å². The predicted molar refractivity (Wildman–Crippen MR) is 94.0 cm³/mol. The maximum Gasteiger partial charge on any atom is 0.0906 e. The van der Waals surface area contributed by atoms with Gasteiger partial charge in [0.15, 0.2) is 0 Å². The van der Waals surface area contributed by atoms with Crippen molar-refractivity contribution in [2.75, 3.05) is 23.7 Å². The normalized spacial score (nSPS) is 12.1. The molecule has 1 unspecified atom stereocenters. The minimum Gasteiger partial charge on any atom is -0.384 e. The fourth-order valence-electron chi connectivity index (χ4n) is 2.10. The number of thiophene rings is 1. The second kappa shape index (κ2) is 10.8. The van der Waals surface area contributed by atoms with E-state index in [0.29, 0.717) is 0 Å². The number of unbranched alkanes of at least 4 members (excludes halogenated alkanes) is 3. The highest BCUT2D eigenvalue weighted by Gasteiger charge is 1.99. The molecule has 0 amide bonds. The Morgan fingerprint density at radius 3 is 2.80 bits per heavy atom. The minimum atomic E-state index is 0.829. The number of anilines is 2. The Kier molecular flexibility index (Phi) is 9.22. The first-order valence-electron chi connectivity index (χ1n) is 7.93. The summed E-state index contributed by atoms with van der Waals surface area (Å²) in [6.07, 6.45) is 9.98. The highest BCUT2D eigenvalue weighted by molar-refractivity contribution is 7.14. The van der Waals surface area contributed by atoms with Crippen LogP contribution in [-0.4, -0.2) is 13.1 Å². The quantitative estimate of drug-likeness (QED) is 0.378. The minimum absolute atomic E-state index is 0.829. The van der Waals surface area contributed by atoms with Gasteiger partial charge >= 0.3 is 0 Å². The zero-order valence-corrected chi connectivity index (χ0v) is 13.9. The second-order valence-corrected chi connectivity index (χ2v) is 6.42. The van der Waals surface area contributed by atoms with Gasteiger partial charge in [-0.15, -0.1) is 17.9 Å². The molecule has 0 fully saturated rings. The monoisotopic (exact) mass is 294 g/mol. The van der Waals surface area contributed by atoms with E-state index in [9.17, 15) is 0 Å². The molecule has 1 rings (SSSR count). The van der Waals surface area contributed by atoms with Gasteiger partial charge in [0.25, 0.3) is 0 Å². The maximum atomic E-state index is 3.71. The standard InChI is InChI=1S/C17H30N2S/c1-4-11-19-17-13-16(14-20-17)18-12-9-7-6-8-10-15(3)5-2/h4,13-15,18-19H,1,5-12H2,2-3H3. The van der Waals surface area contributed by atoms with Crippen molar-refractivity contribution >= 4 is 22.0 Å². The molecule has 0 aliphatic rings. The van der Waals surface area contributed by atoms with Crippen LogP contribution in [0.5, 0.6) is 0 Å². The van der Waals surface area contributed by atoms with E-state index in [1.807, 2.05) is 6.08 Å². The molecule has 0 aliphatic carbocycles. The Morgan fingerprint density at radius 1 is 1.25 bits per heavy atom. The van der Waals surface area contributed by atoms with Gasteiger partial charge in [-0.25, -0.2) is 0 Å².